The van der Waals surface area contributed by atoms with E-state index in [0.717, 1.165) is 27.6 Å². The van der Waals surface area contributed by atoms with E-state index in [-0.39, 0.29) is 17.3 Å². The van der Waals surface area contributed by atoms with Gasteiger partial charge in [-0.1, -0.05) is 97.1 Å². The van der Waals surface area contributed by atoms with Crippen LogP contribution in [0.15, 0.2) is 97.1 Å². The van der Waals surface area contributed by atoms with Crippen molar-refractivity contribution >= 4 is 39.9 Å². The van der Waals surface area contributed by atoms with Gasteiger partial charge in [-0.05, 0) is 29.3 Å². The summed E-state index contributed by atoms with van der Waals surface area (Å²) in [4.78, 5) is 44.3. The molecule has 7 rings (SSSR count). The van der Waals surface area contributed by atoms with Crippen LogP contribution < -0.4 is 4.90 Å². The number of carbonyl (C=O) groups is 3. The number of nitrogens with zero attached hydrogens (tertiary/aromatic N) is 1. The third-order valence-electron chi connectivity index (χ3n) is 8.29. The number of fused-ring (bicyclic) bond motifs is 7. The topological polar surface area (TPSA) is 54.5 Å². The average molecular weight is 470 g/mol. The van der Waals surface area contributed by atoms with Crippen molar-refractivity contribution in [3.8, 4) is 0 Å². The number of ketones is 3. The van der Waals surface area contributed by atoms with E-state index in [1.807, 2.05) is 60.7 Å². The van der Waals surface area contributed by atoms with Crippen molar-refractivity contribution in [3.63, 3.8) is 0 Å². The second kappa shape index (κ2) is 7.34. The van der Waals surface area contributed by atoms with Crippen molar-refractivity contribution < 1.29 is 14.4 Å². The molecule has 1 aliphatic carbocycles. The Morgan fingerprint density at radius 1 is 0.778 bits per heavy atom. The van der Waals surface area contributed by atoms with Crippen LogP contribution in [0.4, 0.5) is 5.69 Å². The predicted molar refractivity (Wildman–Crippen MR) is 140 cm³/mol. The van der Waals surface area contributed by atoms with Crippen LogP contribution in [-0.2, 0) is 4.79 Å². The van der Waals surface area contributed by atoms with Crippen molar-refractivity contribution in [1.82, 2.24) is 0 Å². The monoisotopic (exact) mass is 469 g/mol. The molecule has 0 bridgehead atoms. The molecule has 4 aromatic rings. The summed E-state index contributed by atoms with van der Waals surface area (Å²) in [7, 11) is 0. The number of benzene rings is 4. The van der Waals surface area contributed by atoms with Crippen LogP contribution in [0.1, 0.15) is 44.7 Å². The molecule has 4 aromatic carbocycles. The first-order valence-corrected chi connectivity index (χ1v) is 12.3. The summed E-state index contributed by atoms with van der Waals surface area (Å²) in [6.07, 6.45) is 4.02. The first-order chi connectivity index (χ1) is 17.5. The van der Waals surface area contributed by atoms with Gasteiger partial charge >= 0.3 is 0 Å². The maximum Gasteiger partial charge on any atom is 0.180 e. The van der Waals surface area contributed by atoms with E-state index >= 15 is 0 Å². The van der Waals surface area contributed by atoms with E-state index in [1.54, 1.807) is 31.2 Å². The number of anilines is 1. The van der Waals surface area contributed by atoms with E-state index in [1.165, 1.54) is 0 Å². The van der Waals surface area contributed by atoms with E-state index in [4.69, 9.17) is 0 Å². The van der Waals surface area contributed by atoms with Gasteiger partial charge in [-0.3, -0.25) is 14.4 Å². The van der Waals surface area contributed by atoms with Gasteiger partial charge in [-0.15, -0.1) is 0 Å². The number of hydrogen-bond acceptors (Lipinski definition) is 4. The second-order valence-electron chi connectivity index (χ2n) is 9.95. The van der Waals surface area contributed by atoms with Crippen molar-refractivity contribution in [2.24, 2.45) is 5.41 Å². The predicted octanol–water partition coefficient (Wildman–Crippen LogP) is 5.86. The van der Waals surface area contributed by atoms with Gasteiger partial charge in [0.15, 0.2) is 17.3 Å². The molecule has 36 heavy (non-hydrogen) atoms. The summed E-state index contributed by atoms with van der Waals surface area (Å²) in [6, 6.07) is 27.7. The van der Waals surface area contributed by atoms with Gasteiger partial charge in [-0.25, -0.2) is 0 Å². The number of Topliss-reactive ketones (excluding diaryl/α,β-unsaturated/α-hetero) is 3. The zero-order valence-corrected chi connectivity index (χ0v) is 19.7. The molecular formula is C32H23NO3. The van der Waals surface area contributed by atoms with Crippen LogP contribution in [0.3, 0.4) is 0 Å². The zero-order valence-electron chi connectivity index (χ0n) is 19.7. The Labute approximate surface area is 208 Å². The smallest absolute Gasteiger partial charge is 0.180 e. The Morgan fingerprint density at radius 3 is 2.11 bits per heavy atom. The lowest BCUT2D eigenvalue weighted by molar-refractivity contribution is -0.118. The molecule has 174 valence electrons. The molecule has 0 amide bonds. The van der Waals surface area contributed by atoms with Crippen molar-refractivity contribution in [1.29, 1.82) is 0 Å². The van der Waals surface area contributed by atoms with Crippen LogP contribution in [0.25, 0.3) is 16.8 Å². The van der Waals surface area contributed by atoms with Crippen LogP contribution in [-0.4, -0.2) is 29.4 Å². The number of rotatable bonds is 2. The fraction of sp³-hybridized carbons (Fsp3) is 0.156. The van der Waals surface area contributed by atoms with Crippen LogP contribution in [0.5, 0.6) is 0 Å². The summed E-state index contributed by atoms with van der Waals surface area (Å²) < 4.78 is 0. The van der Waals surface area contributed by atoms with Crippen molar-refractivity contribution in [3.05, 3.63) is 119 Å². The molecular weight excluding hydrogens is 446 g/mol. The average Bonchev–Trinajstić information content (AvgIpc) is 3.35. The van der Waals surface area contributed by atoms with Gasteiger partial charge < -0.3 is 4.90 Å². The summed E-state index contributed by atoms with van der Waals surface area (Å²) in [5.41, 5.74) is 2.21. The van der Waals surface area contributed by atoms with Crippen molar-refractivity contribution in [2.75, 3.05) is 4.90 Å². The minimum atomic E-state index is -1.42. The molecule has 0 aromatic heterocycles. The molecule has 2 heterocycles. The molecule has 0 N–H and O–H groups in total. The first kappa shape index (κ1) is 21.0. The first-order valence-electron chi connectivity index (χ1n) is 12.3. The van der Waals surface area contributed by atoms with Crippen molar-refractivity contribution in [2.45, 2.75) is 24.9 Å². The molecule has 3 aliphatic rings. The molecule has 2 aliphatic heterocycles. The van der Waals surface area contributed by atoms with Gasteiger partial charge in [0, 0.05) is 28.3 Å². The Hall–Kier alpha value is -4.31. The normalized spacial score (nSPS) is 23.1. The fourth-order valence-corrected chi connectivity index (χ4v) is 6.92. The van der Waals surface area contributed by atoms with E-state index in [9.17, 15) is 14.4 Å². The Morgan fingerprint density at radius 2 is 1.42 bits per heavy atom. The minimum Gasteiger partial charge on any atom is -0.352 e. The third kappa shape index (κ3) is 2.46. The summed E-state index contributed by atoms with van der Waals surface area (Å²) in [5.74, 6) is -1.05. The maximum absolute atomic E-state index is 14.4. The van der Waals surface area contributed by atoms with E-state index < -0.39 is 23.4 Å². The molecule has 4 nitrogen and oxygen atoms in total. The Kier molecular flexibility index (Phi) is 4.29. The highest BCUT2D eigenvalue weighted by atomic mass is 16.2. The number of hydrogen-bond donors (Lipinski definition) is 0. The summed E-state index contributed by atoms with van der Waals surface area (Å²) in [6.45, 7) is 1.58. The molecule has 3 atom stereocenters. The van der Waals surface area contributed by atoms with Gasteiger partial charge in [0.25, 0.3) is 0 Å². The minimum absolute atomic E-state index is 0.0586. The quantitative estimate of drug-likeness (QED) is 0.345. The van der Waals surface area contributed by atoms with Crippen LogP contribution in [0, 0.1) is 5.41 Å². The highest BCUT2D eigenvalue weighted by Crippen LogP contribution is 2.60. The lowest BCUT2D eigenvalue weighted by atomic mass is 9.64. The maximum atomic E-state index is 14.4. The lowest BCUT2D eigenvalue weighted by Gasteiger charge is -2.37. The molecule has 1 saturated heterocycles. The highest BCUT2D eigenvalue weighted by Gasteiger charge is 2.71. The molecule has 0 unspecified atom stereocenters. The molecule has 0 radical (unpaired) electrons. The van der Waals surface area contributed by atoms with Gasteiger partial charge in [0.1, 0.15) is 5.41 Å². The fourth-order valence-electron chi connectivity index (χ4n) is 6.92. The van der Waals surface area contributed by atoms with Gasteiger partial charge in [-0.2, -0.15) is 0 Å². The largest absolute Gasteiger partial charge is 0.352 e. The molecule has 1 spiro atoms. The van der Waals surface area contributed by atoms with Gasteiger partial charge in [0.05, 0.1) is 12.1 Å². The van der Waals surface area contributed by atoms with E-state index in [0.29, 0.717) is 11.1 Å². The van der Waals surface area contributed by atoms with E-state index in [2.05, 4.69) is 23.1 Å². The summed E-state index contributed by atoms with van der Waals surface area (Å²) in [5, 5.41) is 2.18. The molecule has 1 fully saturated rings. The Balaban J connectivity index is 1.56. The molecule has 4 heteroatoms. The highest BCUT2D eigenvalue weighted by molar-refractivity contribution is 6.32. The Bertz CT molecular complexity index is 1600. The standard InChI is InChI=1S/C32H23NO3/c1-19(34)29-28(21-10-3-2-4-11-21)32(30(35)24-13-7-8-14-25(24)31(32)36)27-18-16-23-22-12-6-5-9-20(22)15-17-26(23)33(27)29/h2-18,27-29H,1H3/t27-,28-,29+/m0/s1. The SMILES string of the molecule is CC(=O)[C@@H]1[C@H](c2ccccc2)C2(C(=O)c3ccccc3C2=O)[C@@H]2C=Cc3c(ccc4ccccc34)N12. The summed E-state index contributed by atoms with van der Waals surface area (Å²) >= 11 is 0. The lowest BCUT2D eigenvalue weighted by Crippen LogP contribution is -2.48. The van der Waals surface area contributed by atoms with Crippen LogP contribution in [0.2, 0.25) is 0 Å². The molecule has 0 saturated carbocycles. The number of carbonyl (C=O) groups excluding carboxylic acids is 3. The van der Waals surface area contributed by atoms with Crippen LogP contribution >= 0.6 is 0 Å². The third-order valence-corrected chi connectivity index (χ3v) is 8.29. The second-order valence-corrected chi connectivity index (χ2v) is 9.95. The zero-order chi connectivity index (χ0) is 24.6. The van der Waals surface area contributed by atoms with Gasteiger partial charge in [0.2, 0.25) is 0 Å².